The van der Waals surface area contributed by atoms with Crippen molar-refractivity contribution in [3.05, 3.63) is 0 Å². The summed E-state index contributed by atoms with van der Waals surface area (Å²) in [5, 5.41) is 0. The van der Waals surface area contributed by atoms with Crippen molar-refractivity contribution in [2.24, 2.45) is 23.2 Å². The molecule has 0 aromatic heterocycles. The summed E-state index contributed by atoms with van der Waals surface area (Å²) in [6.45, 7) is 7.38. The third kappa shape index (κ3) is 0.627. The lowest BCUT2D eigenvalue weighted by atomic mass is 9.80. The summed E-state index contributed by atoms with van der Waals surface area (Å²) in [5.41, 5.74) is 0.694. The standard InChI is InChI=1S/C10H18/c1-7-6-8-4-5-9(7)10(8,2)3/h7-9H,4-6H2,1-3H3/t7-,8?,9?/m1/s1. The minimum absolute atomic E-state index is 0.694. The Labute approximate surface area is 64.0 Å². The smallest absolute Gasteiger partial charge is 0.0295 e. The zero-order valence-electron chi connectivity index (χ0n) is 7.35. The molecule has 2 unspecified atom stereocenters. The summed E-state index contributed by atoms with van der Waals surface area (Å²) in [6.07, 6.45) is 4.54. The van der Waals surface area contributed by atoms with E-state index in [2.05, 4.69) is 20.8 Å². The third-order valence-corrected chi connectivity index (χ3v) is 4.18. The Bertz CT molecular complexity index is 146. The van der Waals surface area contributed by atoms with Crippen molar-refractivity contribution in [1.29, 1.82) is 0 Å². The molecule has 58 valence electrons. The van der Waals surface area contributed by atoms with Crippen LogP contribution in [0.2, 0.25) is 0 Å². The maximum atomic E-state index is 2.47. The molecule has 2 bridgehead atoms. The average molecular weight is 138 g/mol. The van der Waals surface area contributed by atoms with E-state index >= 15 is 0 Å². The maximum absolute atomic E-state index is 2.47. The quantitative estimate of drug-likeness (QED) is 0.482. The summed E-state index contributed by atoms with van der Waals surface area (Å²) >= 11 is 0. The van der Waals surface area contributed by atoms with Crippen molar-refractivity contribution >= 4 is 0 Å². The van der Waals surface area contributed by atoms with Crippen LogP contribution in [0, 0.1) is 23.2 Å². The van der Waals surface area contributed by atoms with E-state index < -0.39 is 0 Å². The highest BCUT2D eigenvalue weighted by atomic mass is 14.6. The number of hydrogen-bond acceptors (Lipinski definition) is 0. The van der Waals surface area contributed by atoms with Crippen LogP contribution >= 0.6 is 0 Å². The van der Waals surface area contributed by atoms with Gasteiger partial charge in [-0.1, -0.05) is 20.8 Å². The highest BCUT2D eigenvalue weighted by Crippen LogP contribution is 2.59. The number of fused-ring (bicyclic) bond motifs is 2. The largest absolute Gasteiger partial charge is 0.0622 e. The van der Waals surface area contributed by atoms with E-state index in [1.54, 1.807) is 0 Å². The average Bonchev–Trinajstić information content (AvgIpc) is 2.20. The van der Waals surface area contributed by atoms with Crippen LogP contribution in [0.15, 0.2) is 0 Å². The SMILES string of the molecule is C[C@@H]1CC2CCC1C2(C)C. The first-order chi connectivity index (χ1) is 4.62. The molecule has 3 atom stereocenters. The van der Waals surface area contributed by atoms with E-state index in [1.165, 1.54) is 19.3 Å². The summed E-state index contributed by atoms with van der Waals surface area (Å²) in [4.78, 5) is 0. The highest BCUT2D eigenvalue weighted by molar-refractivity contribution is 5.00. The van der Waals surface area contributed by atoms with Crippen LogP contribution < -0.4 is 0 Å². The second-order valence-electron chi connectivity index (χ2n) is 4.92. The fourth-order valence-corrected chi connectivity index (χ4v) is 3.48. The monoisotopic (exact) mass is 138 g/mol. The summed E-state index contributed by atoms with van der Waals surface area (Å²) in [7, 11) is 0. The molecule has 2 fully saturated rings. The molecule has 0 aromatic rings. The molecule has 2 rings (SSSR count). The molecular formula is C10H18. The molecule has 0 aromatic carbocycles. The van der Waals surface area contributed by atoms with Crippen molar-refractivity contribution in [1.82, 2.24) is 0 Å². The van der Waals surface area contributed by atoms with Gasteiger partial charge in [0.25, 0.3) is 0 Å². The van der Waals surface area contributed by atoms with Gasteiger partial charge in [0.15, 0.2) is 0 Å². The normalized spacial score (nSPS) is 50.1. The zero-order valence-corrected chi connectivity index (χ0v) is 7.35. The van der Waals surface area contributed by atoms with E-state index in [4.69, 9.17) is 0 Å². The Morgan fingerprint density at radius 1 is 1.20 bits per heavy atom. The van der Waals surface area contributed by atoms with E-state index in [0.29, 0.717) is 5.41 Å². The number of hydrogen-bond donors (Lipinski definition) is 0. The van der Waals surface area contributed by atoms with Crippen LogP contribution in [0.4, 0.5) is 0 Å². The first kappa shape index (κ1) is 6.69. The van der Waals surface area contributed by atoms with Gasteiger partial charge in [0, 0.05) is 0 Å². The molecule has 0 aliphatic heterocycles. The first-order valence-corrected chi connectivity index (χ1v) is 4.62. The molecule has 2 saturated carbocycles. The Balaban J connectivity index is 2.27. The fourth-order valence-electron chi connectivity index (χ4n) is 3.48. The van der Waals surface area contributed by atoms with Crippen LogP contribution in [0.25, 0.3) is 0 Å². The predicted molar refractivity (Wildman–Crippen MR) is 43.8 cm³/mol. The topological polar surface area (TPSA) is 0 Å². The van der Waals surface area contributed by atoms with Crippen molar-refractivity contribution in [2.45, 2.75) is 40.0 Å². The van der Waals surface area contributed by atoms with Gasteiger partial charge in [0.1, 0.15) is 0 Å². The maximum Gasteiger partial charge on any atom is -0.0295 e. The Kier molecular flexibility index (Phi) is 1.19. The lowest BCUT2D eigenvalue weighted by Gasteiger charge is -2.24. The molecule has 0 nitrogen and oxygen atoms in total. The van der Waals surface area contributed by atoms with Crippen LogP contribution in [0.3, 0.4) is 0 Å². The van der Waals surface area contributed by atoms with Gasteiger partial charge in [0.05, 0.1) is 0 Å². The van der Waals surface area contributed by atoms with Gasteiger partial charge >= 0.3 is 0 Å². The number of rotatable bonds is 0. The van der Waals surface area contributed by atoms with Crippen LogP contribution in [-0.2, 0) is 0 Å². The van der Waals surface area contributed by atoms with Gasteiger partial charge in [-0.15, -0.1) is 0 Å². The molecule has 2 aliphatic carbocycles. The summed E-state index contributed by atoms with van der Waals surface area (Å²) in [5.74, 6) is 3.14. The van der Waals surface area contributed by atoms with Crippen LogP contribution in [-0.4, -0.2) is 0 Å². The minimum Gasteiger partial charge on any atom is -0.0622 e. The molecule has 0 saturated heterocycles. The van der Waals surface area contributed by atoms with E-state index in [0.717, 1.165) is 17.8 Å². The molecular weight excluding hydrogens is 120 g/mol. The third-order valence-electron chi connectivity index (χ3n) is 4.18. The predicted octanol–water partition coefficient (Wildman–Crippen LogP) is 3.08. The van der Waals surface area contributed by atoms with Crippen molar-refractivity contribution in [2.75, 3.05) is 0 Å². The molecule has 0 amide bonds. The van der Waals surface area contributed by atoms with Gasteiger partial charge in [0.2, 0.25) is 0 Å². The van der Waals surface area contributed by atoms with Crippen LogP contribution in [0.5, 0.6) is 0 Å². The highest BCUT2D eigenvalue weighted by Gasteiger charge is 2.51. The van der Waals surface area contributed by atoms with Crippen molar-refractivity contribution in [3.63, 3.8) is 0 Å². The molecule has 0 heterocycles. The van der Waals surface area contributed by atoms with Crippen LogP contribution in [0.1, 0.15) is 40.0 Å². The molecule has 0 heteroatoms. The van der Waals surface area contributed by atoms with Gasteiger partial charge < -0.3 is 0 Å². The minimum atomic E-state index is 0.694. The second kappa shape index (κ2) is 1.78. The van der Waals surface area contributed by atoms with Gasteiger partial charge in [-0.25, -0.2) is 0 Å². The van der Waals surface area contributed by atoms with E-state index in [-0.39, 0.29) is 0 Å². The Hall–Kier alpha value is 0. The lowest BCUT2D eigenvalue weighted by molar-refractivity contribution is 0.241. The van der Waals surface area contributed by atoms with Gasteiger partial charge in [-0.3, -0.25) is 0 Å². The second-order valence-corrected chi connectivity index (χ2v) is 4.92. The summed E-state index contributed by atoms with van der Waals surface area (Å²) in [6, 6.07) is 0. The first-order valence-electron chi connectivity index (χ1n) is 4.62. The van der Waals surface area contributed by atoms with Gasteiger partial charge in [-0.05, 0) is 42.4 Å². The Morgan fingerprint density at radius 2 is 1.90 bits per heavy atom. The zero-order chi connectivity index (χ0) is 7.35. The Morgan fingerprint density at radius 3 is 2.10 bits per heavy atom. The molecule has 0 radical (unpaired) electrons. The molecule has 0 N–H and O–H groups in total. The van der Waals surface area contributed by atoms with Crippen molar-refractivity contribution < 1.29 is 0 Å². The lowest BCUT2D eigenvalue weighted by Crippen LogP contribution is -2.18. The fraction of sp³-hybridized carbons (Fsp3) is 1.00. The summed E-state index contributed by atoms with van der Waals surface area (Å²) < 4.78 is 0. The molecule has 2 aliphatic rings. The molecule has 0 spiro atoms. The van der Waals surface area contributed by atoms with Gasteiger partial charge in [-0.2, -0.15) is 0 Å². The van der Waals surface area contributed by atoms with Crippen molar-refractivity contribution in [3.8, 4) is 0 Å². The van der Waals surface area contributed by atoms with E-state index in [1.807, 2.05) is 0 Å². The van der Waals surface area contributed by atoms with E-state index in [9.17, 15) is 0 Å². The molecule has 10 heavy (non-hydrogen) atoms.